The lowest BCUT2D eigenvalue weighted by Crippen LogP contribution is -2.11. The van der Waals surface area contributed by atoms with Crippen LogP contribution in [0.25, 0.3) is 0 Å². The molecule has 0 spiro atoms. The minimum absolute atomic E-state index is 0.129. The van der Waals surface area contributed by atoms with Gasteiger partial charge in [0, 0.05) is 17.3 Å². The Balaban J connectivity index is 2.55. The SMILES string of the molecule is CCOCCOC(=O)c1cc(Br)cnc1Cl. The second-order valence-electron chi connectivity index (χ2n) is 2.82. The number of hydrogen-bond donors (Lipinski definition) is 0. The number of aromatic nitrogens is 1. The Morgan fingerprint density at radius 1 is 1.56 bits per heavy atom. The number of hydrogen-bond acceptors (Lipinski definition) is 4. The van der Waals surface area contributed by atoms with Crippen LogP contribution >= 0.6 is 27.5 Å². The topological polar surface area (TPSA) is 48.4 Å². The van der Waals surface area contributed by atoms with Crippen molar-refractivity contribution >= 4 is 33.5 Å². The molecule has 0 unspecified atom stereocenters. The Morgan fingerprint density at radius 3 is 3.00 bits per heavy atom. The van der Waals surface area contributed by atoms with Gasteiger partial charge in [0.2, 0.25) is 0 Å². The first-order valence-corrected chi connectivity index (χ1v) is 5.88. The van der Waals surface area contributed by atoms with Gasteiger partial charge >= 0.3 is 5.97 Å². The molecule has 1 aromatic rings. The lowest BCUT2D eigenvalue weighted by atomic mass is 10.3. The van der Waals surface area contributed by atoms with Gasteiger partial charge in [-0.15, -0.1) is 0 Å². The van der Waals surface area contributed by atoms with Crippen LogP contribution in [0.4, 0.5) is 0 Å². The quantitative estimate of drug-likeness (QED) is 0.477. The molecule has 88 valence electrons. The van der Waals surface area contributed by atoms with Crippen molar-refractivity contribution in [3.63, 3.8) is 0 Å². The molecule has 1 aromatic heterocycles. The molecule has 0 atom stereocenters. The van der Waals surface area contributed by atoms with E-state index in [0.29, 0.717) is 17.7 Å². The molecule has 0 aliphatic carbocycles. The number of carbonyl (C=O) groups is 1. The molecular weight excluding hydrogens is 297 g/mol. The molecule has 0 saturated carbocycles. The summed E-state index contributed by atoms with van der Waals surface area (Å²) in [4.78, 5) is 15.4. The standard InChI is InChI=1S/C10H11BrClNO3/c1-2-15-3-4-16-10(14)8-5-7(11)6-13-9(8)12/h5-6H,2-4H2,1H3. The van der Waals surface area contributed by atoms with Gasteiger partial charge < -0.3 is 9.47 Å². The number of ether oxygens (including phenoxy) is 2. The molecule has 6 heteroatoms. The van der Waals surface area contributed by atoms with Crippen LogP contribution in [0.15, 0.2) is 16.7 Å². The van der Waals surface area contributed by atoms with Crippen molar-refractivity contribution in [2.24, 2.45) is 0 Å². The maximum absolute atomic E-state index is 11.6. The van der Waals surface area contributed by atoms with E-state index in [0.717, 1.165) is 0 Å². The molecule has 0 bridgehead atoms. The van der Waals surface area contributed by atoms with Crippen LogP contribution in [0.2, 0.25) is 5.15 Å². The zero-order valence-corrected chi connectivity index (χ0v) is 11.0. The number of rotatable bonds is 5. The van der Waals surface area contributed by atoms with Crippen molar-refractivity contribution in [1.82, 2.24) is 4.98 Å². The lowest BCUT2D eigenvalue weighted by molar-refractivity contribution is 0.0335. The summed E-state index contributed by atoms with van der Waals surface area (Å²) < 4.78 is 10.7. The molecule has 0 saturated heterocycles. The normalized spacial score (nSPS) is 10.2. The number of esters is 1. The summed E-state index contributed by atoms with van der Waals surface area (Å²) in [6.07, 6.45) is 1.51. The number of carbonyl (C=O) groups excluding carboxylic acids is 1. The lowest BCUT2D eigenvalue weighted by Gasteiger charge is -2.06. The molecule has 0 N–H and O–H groups in total. The van der Waals surface area contributed by atoms with E-state index < -0.39 is 5.97 Å². The van der Waals surface area contributed by atoms with Crippen LogP contribution in [0.5, 0.6) is 0 Å². The van der Waals surface area contributed by atoms with Gasteiger partial charge in [0.25, 0.3) is 0 Å². The molecule has 0 aliphatic heterocycles. The highest BCUT2D eigenvalue weighted by Gasteiger charge is 2.13. The summed E-state index contributed by atoms with van der Waals surface area (Å²) in [5.41, 5.74) is 0.243. The molecule has 0 aromatic carbocycles. The van der Waals surface area contributed by atoms with Crippen LogP contribution in [-0.2, 0) is 9.47 Å². The van der Waals surface area contributed by atoms with Crippen molar-refractivity contribution in [2.45, 2.75) is 6.92 Å². The van der Waals surface area contributed by atoms with E-state index in [4.69, 9.17) is 21.1 Å². The zero-order chi connectivity index (χ0) is 12.0. The van der Waals surface area contributed by atoms with Crippen molar-refractivity contribution < 1.29 is 14.3 Å². The summed E-state index contributed by atoms with van der Waals surface area (Å²) in [7, 11) is 0. The average molecular weight is 309 g/mol. The van der Waals surface area contributed by atoms with Gasteiger partial charge in [0.15, 0.2) is 0 Å². The highest BCUT2D eigenvalue weighted by molar-refractivity contribution is 9.10. The molecule has 0 amide bonds. The predicted molar refractivity (Wildman–Crippen MR) is 63.7 cm³/mol. The largest absolute Gasteiger partial charge is 0.460 e. The van der Waals surface area contributed by atoms with Crippen molar-refractivity contribution in [1.29, 1.82) is 0 Å². The Morgan fingerprint density at radius 2 is 2.31 bits per heavy atom. The number of halogens is 2. The summed E-state index contributed by atoms with van der Waals surface area (Å²) in [6.45, 7) is 3.05. The van der Waals surface area contributed by atoms with E-state index in [2.05, 4.69) is 20.9 Å². The van der Waals surface area contributed by atoms with Crippen LogP contribution in [0, 0.1) is 0 Å². The third kappa shape index (κ3) is 4.08. The van der Waals surface area contributed by atoms with E-state index in [9.17, 15) is 4.79 Å². The Bertz CT molecular complexity index is 373. The Hall–Kier alpha value is -0.650. The fourth-order valence-electron chi connectivity index (χ4n) is 0.981. The van der Waals surface area contributed by atoms with Crippen LogP contribution in [0.3, 0.4) is 0 Å². The van der Waals surface area contributed by atoms with Crippen LogP contribution in [-0.4, -0.2) is 30.8 Å². The van der Waals surface area contributed by atoms with Crippen LogP contribution in [0.1, 0.15) is 17.3 Å². The molecule has 4 nitrogen and oxygen atoms in total. The average Bonchev–Trinajstić information content (AvgIpc) is 2.27. The third-order valence-electron chi connectivity index (χ3n) is 1.69. The first-order valence-electron chi connectivity index (χ1n) is 4.71. The summed E-state index contributed by atoms with van der Waals surface area (Å²) in [6, 6.07) is 1.57. The fraction of sp³-hybridized carbons (Fsp3) is 0.400. The van der Waals surface area contributed by atoms with Crippen molar-refractivity contribution in [2.75, 3.05) is 19.8 Å². The van der Waals surface area contributed by atoms with E-state index in [1.807, 2.05) is 6.92 Å². The second-order valence-corrected chi connectivity index (χ2v) is 4.10. The molecule has 1 heterocycles. The minimum atomic E-state index is -0.501. The molecular formula is C10H11BrClNO3. The smallest absolute Gasteiger partial charge is 0.341 e. The van der Waals surface area contributed by atoms with Crippen molar-refractivity contribution in [3.8, 4) is 0 Å². The first kappa shape index (κ1) is 13.4. The van der Waals surface area contributed by atoms with Gasteiger partial charge in [0.05, 0.1) is 12.2 Å². The third-order valence-corrected chi connectivity index (χ3v) is 2.43. The second kappa shape index (κ2) is 6.83. The molecule has 1 rings (SSSR count). The van der Waals surface area contributed by atoms with Gasteiger partial charge in [0.1, 0.15) is 11.8 Å². The Labute approximate surface area is 107 Å². The highest BCUT2D eigenvalue weighted by atomic mass is 79.9. The molecule has 0 fully saturated rings. The monoisotopic (exact) mass is 307 g/mol. The minimum Gasteiger partial charge on any atom is -0.460 e. The molecule has 0 radical (unpaired) electrons. The zero-order valence-electron chi connectivity index (χ0n) is 8.70. The fourth-order valence-corrected chi connectivity index (χ4v) is 1.49. The highest BCUT2D eigenvalue weighted by Crippen LogP contribution is 2.18. The van der Waals surface area contributed by atoms with E-state index in [-0.39, 0.29) is 17.3 Å². The summed E-state index contributed by atoms with van der Waals surface area (Å²) in [5, 5.41) is 0.129. The van der Waals surface area contributed by atoms with E-state index in [1.54, 1.807) is 6.07 Å². The Kier molecular flexibility index (Phi) is 5.73. The van der Waals surface area contributed by atoms with E-state index in [1.165, 1.54) is 6.20 Å². The molecule has 0 aliphatic rings. The molecule has 16 heavy (non-hydrogen) atoms. The first-order chi connectivity index (χ1) is 7.65. The van der Waals surface area contributed by atoms with Crippen molar-refractivity contribution in [3.05, 3.63) is 27.5 Å². The maximum atomic E-state index is 11.6. The number of pyridine rings is 1. The van der Waals surface area contributed by atoms with Gasteiger partial charge in [-0.05, 0) is 28.9 Å². The maximum Gasteiger partial charge on any atom is 0.341 e. The van der Waals surface area contributed by atoms with Crippen LogP contribution < -0.4 is 0 Å². The van der Waals surface area contributed by atoms with Gasteiger partial charge in [-0.3, -0.25) is 0 Å². The van der Waals surface area contributed by atoms with Gasteiger partial charge in [-0.2, -0.15) is 0 Å². The summed E-state index contributed by atoms with van der Waals surface area (Å²) in [5.74, 6) is -0.501. The predicted octanol–water partition coefficient (Wildman–Crippen LogP) is 2.69. The van der Waals surface area contributed by atoms with E-state index >= 15 is 0 Å². The van der Waals surface area contributed by atoms with Gasteiger partial charge in [-0.1, -0.05) is 11.6 Å². The number of nitrogens with zero attached hydrogens (tertiary/aromatic N) is 1. The van der Waals surface area contributed by atoms with Gasteiger partial charge in [-0.25, -0.2) is 9.78 Å². The summed E-state index contributed by atoms with van der Waals surface area (Å²) >= 11 is 8.97.